The number of rotatable bonds is 6. The summed E-state index contributed by atoms with van der Waals surface area (Å²) >= 11 is 0. The topological polar surface area (TPSA) is 11.4 Å². The summed E-state index contributed by atoms with van der Waals surface area (Å²) in [5.41, 5.74) is 2.81. The summed E-state index contributed by atoms with van der Waals surface area (Å²) in [6.07, 6.45) is 4.35. The molecule has 0 saturated carbocycles. The molecule has 0 amide bonds. The van der Waals surface area contributed by atoms with Crippen molar-refractivity contribution in [2.45, 2.75) is 25.7 Å². The van der Waals surface area contributed by atoms with Gasteiger partial charge < -0.3 is 4.57 Å². The van der Waals surface area contributed by atoms with Gasteiger partial charge in [0.2, 0.25) is 0 Å². The predicted molar refractivity (Wildman–Crippen MR) is 107 cm³/mol. The van der Waals surface area contributed by atoms with Crippen molar-refractivity contribution in [3.05, 3.63) is 96.3 Å². The fraction of sp³-hybridized carbons (Fsp3) is 0.304. The molecule has 0 aliphatic carbocycles. The van der Waals surface area contributed by atoms with Crippen molar-refractivity contribution in [3.63, 3.8) is 0 Å². The van der Waals surface area contributed by atoms with Crippen LogP contribution in [0.1, 0.15) is 11.1 Å². The molecule has 26 heavy (non-hydrogen) atoms. The number of benzene rings is 2. The van der Waals surface area contributed by atoms with Crippen LogP contribution in [0.5, 0.6) is 0 Å². The first kappa shape index (κ1) is 17.1. The van der Waals surface area contributed by atoms with Crippen molar-refractivity contribution in [3.8, 4) is 0 Å². The van der Waals surface area contributed by atoms with Gasteiger partial charge in [-0.15, -0.1) is 0 Å². The Kier molecular flexibility index (Phi) is 5.48. The molecule has 4 rings (SSSR count). The number of piperazine rings is 1. The second kappa shape index (κ2) is 8.35. The maximum atomic E-state index is 2.65. The van der Waals surface area contributed by atoms with Gasteiger partial charge in [-0.25, -0.2) is 0 Å². The highest BCUT2D eigenvalue weighted by Crippen LogP contribution is 2.18. The Hall–Kier alpha value is -2.36. The van der Waals surface area contributed by atoms with Crippen LogP contribution >= 0.6 is 0 Å². The van der Waals surface area contributed by atoms with Crippen molar-refractivity contribution in [2.24, 2.45) is 0 Å². The Morgan fingerprint density at radius 2 is 1.31 bits per heavy atom. The number of nitrogens with zero attached hydrogens (tertiary/aromatic N) is 3. The summed E-state index contributed by atoms with van der Waals surface area (Å²) < 4.78 is 2.31. The van der Waals surface area contributed by atoms with Crippen molar-refractivity contribution >= 4 is 0 Å². The zero-order chi connectivity index (χ0) is 17.6. The number of hydrogen-bond acceptors (Lipinski definition) is 2. The van der Waals surface area contributed by atoms with E-state index in [4.69, 9.17) is 0 Å². The quantitative estimate of drug-likeness (QED) is 0.672. The van der Waals surface area contributed by atoms with Gasteiger partial charge in [0.25, 0.3) is 0 Å². The molecule has 1 aliphatic heterocycles. The molecule has 0 spiro atoms. The first-order chi connectivity index (χ1) is 12.9. The van der Waals surface area contributed by atoms with E-state index in [-0.39, 0.29) is 0 Å². The largest absolute Gasteiger partial charge is 0.353 e. The first-order valence-electron chi connectivity index (χ1n) is 9.52. The van der Waals surface area contributed by atoms with Crippen molar-refractivity contribution in [1.29, 1.82) is 0 Å². The molecule has 3 heteroatoms. The van der Waals surface area contributed by atoms with E-state index in [0.29, 0.717) is 6.04 Å². The van der Waals surface area contributed by atoms with Crippen LogP contribution in [0.2, 0.25) is 0 Å². The summed E-state index contributed by atoms with van der Waals surface area (Å²) in [6.45, 7) is 6.48. The minimum absolute atomic E-state index is 0.528. The standard InChI is InChI=1S/C23H27N3/c1-3-9-21(10-4-1)17-25-15-16-26(18-22-11-5-2-6-12-22)23(20-25)19-24-13-7-8-14-24/h1-14,23H,15-20H2. The third-order valence-electron chi connectivity index (χ3n) is 5.25. The zero-order valence-corrected chi connectivity index (χ0v) is 15.2. The maximum absolute atomic E-state index is 2.65. The van der Waals surface area contributed by atoms with E-state index in [2.05, 4.69) is 99.6 Å². The SMILES string of the molecule is c1ccc(CN2CCN(Cc3ccccc3)C(Cn3cccc3)C2)cc1. The molecule has 1 atom stereocenters. The van der Waals surface area contributed by atoms with Gasteiger partial charge in [0.15, 0.2) is 0 Å². The van der Waals surface area contributed by atoms with Gasteiger partial charge in [-0.1, -0.05) is 60.7 Å². The second-order valence-electron chi connectivity index (χ2n) is 7.21. The Labute approximate surface area is 156 Å². The molecule has 2 aromatic carbocycles. The predicted octanol–water partition coefficient (Wildman–Crippen LogP) is 3.87. The lowest BCUT2D eigenvalue weighted by molar-refractivity contribution is 0.0550. The van der Waals surface area contributed by atoms with Crippen LogP contribution < -0.4 is 0 Å². The van der Waals surface area contributed by atoms with E-state index in [1.807, 2.05) is 0 Å². The van der Waals surface area contributed by atoms with Crippen LogP contribution in [0.25, 0.3) is 0 Å². The maximum Gasteiger partial charge on any atom is 0.0406 e. The van der Waals surface area contributed by atoms with Crippen LogP contribution in [-0.4, -0.2) is 40.0 Å². The molecule has 1 unspecified atom stereocenters. The monoisotopic (exact) mass is 345 g/mol. The average molecular weight is 345 g/mol. The molecule has 1 saturated heterocycles. The Bertz CT molecular complexity index is 768. The lowest BCUT2D eigenvalue weighted by Gasteiger charge is -2.42. The van der Waals surface area contributed by atoms with Crippen LogP contribution in [0, 0.1) is 0 Å². The molecule has 3 nitrogen and oxygen atoms in total. The third-order valence-corrected chi connectivity index (χ3v) is 5.25. The molecular weight excluding hydrogens is 318 g/mol. The minimum atomic E-state index is 0.528. The van der Waals surface area contributed by atoms with E-state index in [0.717, 1.165) is 39.3 Å². The minimum Gasteiger partial charge on any atom is -0.353 e. The fourth-order valence-corrected chi connectivity index (χ4v) is 3.88. The molecule has 1 aromatic heterocycles. The summed E-state index contributed by atoms with van der Waals surface area (Å²) in [4.78, 5) is 5.25. The van der Waals surface area contributed by atoms with Crippen molar-refractivity contribution in [2.75, 3.05) is 19.6 Å². The Morgan fingerprint density at radius 1 is 0.692 bits per heavy atom. The van der Waals surface area contributed by atoms with Gasteiger partial charge in [0.1, 0.15) is 0 Å². The molecule has 0 N–H and O–H groups in total. The fourth-order valence-electron chi connectivity index (χ4n) is 3.88. The molecular formula is C23H27N3. The van der Waals surface area contributed by atoms with Gasteiger partial charge in [0.05, 0.1) is 0 Å². The van der Waals surface area contributed by atoms with E-state index in [1.165, 1.54) is 11.1 Å². The molecule has 134 valence electrons. The number of aromatic nitrogens is 1. The van der Waals surface area contributed by atoms with Gasteiger partial charge in [0, 0.05) is 57.7 Å². The normalized spacial score (nSPS) is 18.8. The lowest BCUT2D eigenvalue weighted by atomic mass is 10.1. The lowest BCUT2D eigenvalue weighted by Crippen LogP contribution is -2.53. The van der Waals surface area contributed by atoms with Crippen LogP contribution in [0.3, 0.4) is 0 Å². The Morgan fingerprint density at radius 3 is 1.96 bits per heavy atom. The summed E-state index contributed by atoms with van der Waals surface area (Å²) in [7, 11) is 0. The molecule has 1 aliphatic rings. The van der Waals surface area contributed by atoms with Crippen LogP contribution in [0.4, 0.5) is 0 Å². The van der Waals surface area contributed by atoms with E-state index in [9.17, 15) is 0 Å². The highest BCUT2D eigenvalue weighted by molar-refractivity contribution is 5.16. The van der Waals surface area contributed by atoms with E-state index in [1.54, 1.807) is 0 Å². The molecule has 1 fully saturated rings. The van der Waals surface area contributed by atoms with Gasteiger partial charge in [-0.3, -0.25) is 9.80 Å². The molecule has 0 bridgehead atoms. The highest BCUT2D eigenvalue weighted by atomic mass is 15.3. The number of hydrogen-bond donors (Lipinski definition) is 0. The van der Waals surface area contributed by atoms with Gasteiger partial charge >= 0.3 is 0 Å². The molecule has 0 radical (unpaired) electrons. The van der Waals surface area contributed by atoms with E-state index >= 15 is 0 Å². The zero-order valence-electron chi connectivity index (χ0n) is 15.2. The Balaban J connectivity index is 1.46. The van der Waals surface area contributed by atoms with Crippen LogP contribution in [0.15, 0.2) is 85.2 Å². The van der Waals surface area contributed by atoms with Gasteiger partial charge in [-0.2, -0.15) is 0 Å². The average Bonchev–Trinajstić information content (AvgIpc) is 3.19. The molecule has 2 heterocycles. The summed E-state index contributed by atoms with van der Waals surface area (Å²) in [5, 5.41) is 0. The van der Waals surface area contributed by atoms with E-state index < -0.39 is 0 Å². The summed E-state index contributed by atoms with van der Waals surface area (Å²) in [5.74, 6) is 0. The van der Waals surface area contributed by atoms with Crippen LogP contribution in [-0.2, 0) is 19.6 Å². The second-order valence-corrected chi connectivity index (χ2v) is 7.21. The van der Waals surface area contributed by atoms with Crippen molar-refractivity contribution in [1.82, 2.24) is 14.4 Å². The van der Waals surface area contributed by atoms with Crippen molar-refractivity contribution < 1.29 is 0 Å². The summed E-state index contributed by atoms with van der Waals surface area (Å²) in [6, 6.07) is 26.5. The third kappa shape index (κ3) is 4.43. The smallest absolute Gasteiger partial charge is 0.0406 e. The highest BCUT2D eigenvalue weighted by Gasteiger charge is 2.27. The first-order valence-corrected chi connectivity index (χ1v) is 9.52. The molecule has 3 aromatic rings. The van der Waals surface area contributed by atoms with Gasteiger partial charge in [-0.05, 0) is 23.3 Å².